The summed E-state index contributed by atoms with van der Waals surface area (Å²) in [6, 6.07) is 5.64. The summed E-state index contributed by atoms with van der Waals surface area (Å²) >= 11 is 0. The largest absolute Gasteiger partial charge is 0.388 e. The molecule has 0 spiro atoms. The summed E-state index contributed by atoms with van der Waals surface area (Å²) in [5.41, 5.74) is 0.583. The molecule has 0 unspecified atom stereocenters. The van der Waals surface area contributed by atoms with Gasteiger partial charge in [-0.05, 0) is 24.6 Å². The SMILES string of the molecule is [CH2][C@@H](O)c1ccc([N+](=O)[O-])cc1. The summed E-state index contributed by atoms with van der Waals surface area (Å²) in [7, 11) is 0. The first kappa shape index (κ1) is 8.67. The van der Waals surface area contributed by atoms with Gasteiger partial charge in [-0.25, -0.2) is 0 Å². The summed E-state index contributed by atoms with van der Waals surface area (Å²) in [5.74, 6) is 0. The molecule has 1 radical (unpaired) electrons. The number of nitro benzene ring substituents is 1. The Kier molecular flexibility index (Phi) is 2.40. The number of hydrogen-bond donors (Lipinski definition) is 1. The zero-order chi connectivity index (χ0) is 9.14. The van der Waals surface area contributed by atoms with Gasteiger partial charge in [-0.1, -0.05) is 0 Å². The number of nitro groups is 1. The molecule has 0 aromatic heterocycles. The third-order valence-electron chi connectivity index (χ3n) is 1.49. The molecule has 0 aliphatic heterocycles. The Morgan fingerprint density at radius 1 is 1.42 bits per heavy atom. The molecule has 1 aromatic carbocycles. The van der Waals surface area contributed by atoms with Crippen LogP contribution < -0.4 is 0 Å². The van der Waals surface area contributed by atoms with Gasteiger partial charge in [-0.2, -0.15) is 0 Å². The maximum absolute atomic E-state index is 10.2. The van der Waals surface area contributed by atoms with Gasteiger partial charge >= 0.3 is 0 Å². The molecule has 4 heteroatoms. The number of rotatable bonds is 2. The number of nitrogens with zero attached hydrogens (tertiary/aromatic N) is 1. The fourth-order valence-corrected chi connectivity index (χ4v) is 0.818. The van der Waals surface area contributed by atoms with Gasteiger partial charge in [0.25, 0.3) is 5.69 Å². The van der Waals surface area contributed by atoms with Crippen LogP contribution in [0.15, 0.2) is 24.3 Å². The van der Waals surface area contributed by atoms with E-state index >= 15 is 0 Å². The summed E-state index contributed by atoms with van der Waals surface area (Å²) in [4.78, 5) is 9.72. The number of hydrogen-bond acceptors (Lipinski definition) is 3. The average molecular weight is 166 g/mol. The second kappa shape index (κ2) is 3.32. The van der Waals surface area contributed by atoms with Crippen LogP contribution in [0, 0.1) is 17.0 Å². The topological polar surface area (TPSA) is 63.4 Å². The van der Waals surface area contributed by atoms with Crippen molar-refractivity contribution in [2.75, 3.05) is 0 Å². The predicted octanol–water partition coefficient (Wildman–Crippen LogP) is 1.46. The van der Waals surface area contributed by atoms with E-state index in [0.29, 0.717) is 5.56 Å². The van der Waals surface area contributed by atoms with Crippen LogP contribution in [0.3, 0.4) is 0 Å². The van der Waals surface area contributed by atoms with Crippen LogP contribution in [0.4, 0.5) is 5.69 Å². The van der Waals surface area contributed by atoms with E-state index in [1.54, 1.807) is 0 Å². The zero-order valence-electron chi connectivity index (χ0n) is 6.30. The molecule has 0 aliphatic carbocycles. The highest BCUT2D eigenvalue weighted by Gasteiger charge is 2.05. The van der Waals surface area contributed by atoms with Crippen LogP contribution in [0.25, 0.3) is 0 Å². The highest BCUT2D eigenvalue weighted by atomic mass is 16.6. The minimum Gasteiger partial charge on any atom is -0.388 e. The van der Waals surface area contributed by atoms with Crippen molar-refractivity contribution in [1.82, 2.24) is 0 Å². The van der Waals surface area contributed by atoms with Crippen molar-refractivity contribution >= 4 is 5.69 Å². The standard InChI is InChI=1S/C8H8NO3/c1-6(10)7-2-4-8(5-3-7)9(11)12/h2-6,10H,1H2/t6-/m1/s1. The van der Waals surface area contributed by atoms with Crippen LogP contribution in [-0.4, -0.2) is 10.0 Å². The summed E-state index contributed by atoms with van der Waals surface area (Å²) in [6.45, 7) is 3.37. The van der Waals surface area contributed by atoms with Gasteiger partial charge in [0.05, 0.1) is 11.0 Å². The van der Waals surface area contributed by atoms with Gasteiger partial charge in [-0.3, -0.25) is 10.1 Å². The Bertz CT molecular complexity index is 279. The smallest absolute Gasteiger partial charge is 0.269 e. The molecule has 12 heavy (non-hydrogen) atoms. The second-order valence-electron chi connectivity index (χ2n) is 2.36. The van der Waals surface area contributed by atoms with Crippen molar-refractivity contribution < 1.29 is 10.0 Å². The number of aliphatic hydroxyl groups is 1. The van der Waals surface area contributed by atoms with Crippen molar-refractivity contribution in [3.05, 3.63) is 46.9 Å². The normalized spacial score (nSPS) is 12.5. The van der Waals surface area contributed by atoms with Crippen molar-refractivity contribution in [2.45, 2.75) is 6.10 Å². The highest BCUT2D eigenvalue weighted by Crippen LogP contribution is 2.16. The molecular formula is C8H8NO3. The maximum Gasteiger partial charge on any atom is 0.269 e. The molecule has 0 aliphatic rings. The molecule has 1 rings (SSSR count). The number of non-ortho nitro benzene ring substituents is 1. The first-order valence-corrected chi connectivity index (χ1v) is 3.37. The molecule has 0 amide bonds. The Labute approximate surface area is 69.6 Å². The maximum atomic E-state index is 10.2. The van der Waals surface area contributed by atoms with E-state index in [1.165, 1.54) is 24.3 Å². The third kappa shape index (κ3) is 1.79. The van der Waals surface area contributed by atoms with E-state index in [-0.39, 0.29) is 5.69 Å². The lowest BCUT2D eigenvalue weighted by atomic mass is 10.1. The first-order chi connectivity index (χ1) is 5.61. The molecular weight excluding hydrogens is 158 g/mol. The lowest BCUT2D eigenvalue weighted by Crippen LogP contribution is -1.92. The molecule has 0 bridgehead atoms. The van der Waals surface area contributed by atoms with E-state index < -0.39 is 11.0 Å². The van der Waals surface area contributed by atoms with Crippen molar-refractivity contribution in [3.8, 4) is 0 Å². The molecule has 1 aromatic rings. The fourth-order valence-electron chi connectivity index (χ4n) is 0.818. The van der Waals surface area contributed by atoms with E-state index in [4.69, 9.17) is 5.11 Å². The molecule has 1 atom stereocenters. The van der Waals surface area contributed by atoms with Crippen molar-refractivity contribution in [1.29, 1.82) is 0 Å². The monoisotopic (exact) mass is 166 g/mol. The van der Waals surface area contributed by atoms with Gasteiger partial charge in [0, 0.05) is 12.1 Å². The van der Waals surface area contributed by atoms with E-state index in [0.717, 1.165) is 0 Å². The predicted molar refractivity (Wildman–Crippen MR) is 43.4 cm³/mol. The van der Waals surface area contributed by atoms with Gasteiger partial charge in [-0.15, -0.1) is 0 Å². The summed E-state index contributed by atoms with van der Waals surface area (Å²) in [5, 5.41) is 19.2. The molecule has 0 saturated heterocycles. The van der Waals surface area contributed by atoms with Crippen molar-refractivity contribution in [3.63, 3.8) is 0 Å². The fraction of sp³-hybridized carbons (Fsp3) is 0.125. The summed E-state index contributed by atoms with van der Waals surface area (Å²) < 4.78 is 0. The van der Waals surface area contributed by atoms with E-state index in [9.17, 15) is 10.1 Å². The molecule has 1 N–H and O–H groups in total. The van der Waals surface area contributed by atoms with Gasteiger partial charge in [0.15, 0.2) is 0 Å². The van der Waals surface area contributed by atoms with Crippen LogP contribution in [0.2, 0.25) is 0 Å². The zero-order valence-corrected chi connectivity index (χ0v) is 6.30. The Morgan fingerprint density at radius 3 is 2.25 bits per heavy atom. The van der Waals surface area contributed by atoms with Crippen LogP contribution in [0.1, 0.15) is 11.7 Å². The third-order valence-corrected chi connectivity index (χ3v) is 1.49. The Hall–Kier alpha value is -1.42. The van der Waals surface area contributed by atoms with Gasteiger partial charge in [0.2, 0.25) is 0 Å². The number of benzene rings is 1. The van der Waals surface area contributed by atoms with E-state index in [2.05, 4.69) is 6.92 Å². The Morgan fingerprint density at radius 2 is 1.92 bits per heavy atom. The minimum atomic E-state index is -0.828. The average Bonchev–Trinajstić information content (AvgIpc) is 2.04. The lowest BCUT2D eigenvalue weighted by Gasteiger charge is -2.01. The van der Waals surface area contributed by atoms with Crippen LogP contribution in [-0.2, 0) is 0 Å². The minimum absolute atomic E-state index is 0.0133. The molecule has 4 nitrogen and oxygen atoms in total. The molecule has 63 valence electrons. The Balaban J connectivity index is 2.93. The second-order valence-corrected chi connectivity index (χ2v) is 2.36. The van der Waals surface area contributed by atoms with Crippen LogP contribution >= 0.6 is 0 Å². The van der Waals surface area contributed by atoms with E-state index in [1.807, 2.05) is 0 Å². The van der Waals surface area contributed by atoms with Crippen LogP contribution in [0.5, 0.6) is 0 Å². The van der Waals surface area contributed by atoms with Gasteiger partial charge in [0.1, 0.15) is 0 Å². The lowest BCUT2D eigenvalue weighted by molar-refractivity contribution is -0.384. The summed E-state index contributed by atoms with van der Waals surface area (Å²) in [6.07, 6.45) is -0.828. The molecule has 0 saturated carbocycles. The quantitative estimate of drug-likeness (QED) is 0.534. The molecule has 0 heterocycles. The first-order valence-electron chi connectivity index (χ1n) is 3.37. The van der Waals surface area contributed by atoms with Gasteiger partial charge < -0.3 is 5.11 Å². The number of aliphatic hydroxyl groups excluding tert-OH is 1. The highest BCUT2D eigenvalue weighted by molar-refractivity contribution is 5.33. The van der Waals surface area contributed by atoms with Crippen molar-refractivity contribution in [2.24, 2.45) is 0 Å². The molecule has 0 fully saturated rings.